The molecule has 0 saturated carbocycles. The van der Waals surface area contributed by atoms with E-state index in [1.807, 2.05) is 35.7 Å². The zero-order chi connectivity index (χ0) is 10.3. The van der Waals surface area contributed by atoms with Crippen molar-refractivity contribution in [3.8, 4) is 0 Å². The van der Waals surface area contributed by atoms with Crippen molar-refractivity contribution in [2.45, 2.75) is 0 Å². The Morgan fingerprint density at radius 2 is 1.60 bits per heavy atom. The van der Waals surface area contributed by atoms with Crippen LogP contribution in [0.5, 0.6) is 0 Å². The van der Waals surface area contributed by atoms with Crippen LogP contribution in [-0.4, -0.2) is 0 Å². The molecule has 0 aliphatic rings. The lowest BCUT2D eigenvalue weighted by molar-refractivity contribution is 1.78. The van der Waals surface area contributed by atoms with Crippen molar-refractivity contribution < 1.29 is 0 Å². The molecule has 0 radical (unpaired) electrons. The first-order valence-corrected chi connectivity index (χ1v) is 5.63. The van der Waals surface area contributed by atoms with Gasteiger partial charge in [-0.25, -0.2) is 0 Å². The number of fused-ring (bicyclic) bond motifs is 2. The molecule has 0 spiro atoms. The Hall–Kier alpha value is -1.67. The summed E-state index contributed by atoms with van der Waals surface area (Å²) in [6.07, 6.45) is 0. The SMILES string of the molecule is O=c1cc2ccccc2cc2ccsc12. The van der Waals surface area contributed by atoms with Gasteiger partial charge in [0.05, 0.1) is 4.70 Å². The molecule has 0 fully saturated rings. The Labute approximate surface area is 90.6 Å². The van der Waals surface area contributed by atoms with E-state index in [2.05, 4.69) is 6.07 Å². The molecule has 3 aromatic rings. The molecule has 0 saturated heterocycles. The van der Waals surface area contributed by atoms with Crippen molar-refractivity contribution in [1.82, 2.24) is 0 Å². The Bertz CT molecular complexity index is 697. The fourth-order valence-electron chi connectivity index (χ4n) is 1.78. The Morgan fingerprint density at radius 3 is 2.40 bits per heavy atom. The number of rotatable bonds is 0. The van der Waals surface area contributed by atoms with Gasteiger partial charge in [0.25, 0.3) is 0 Å². The van der Waals surface area contributed by atoms with E-state index >= 15 is 0 Å². The number of benzene rings is 1. The maximum absolute atomic E-state index is 11.9. The number of hydrogen-bond donors (Lipinski definition) is 0. The summed E-state index contributed by atoms with van der Waals surface area (Å²) in [5.74, 6) is 0. The topological polar surface area (TPSA) is 17.1 Å². The summed E-state index contributed by atoms with van der Waals surface area (Å²) >= 11 is 1.51. The molecule has 0 atom stereocenters. The van der Waals surface area contributed by atoms with Crippen LogP contribution in [0.25, 0.3) is 20.9 Å². The van der Waals surface area contributed by atoms with Crippen molar-refractivity contribution in [2.24, 2.45) is 0 Å². The van der Waals surface area contributed by atoms with Gasteiger partial charge in [0.15, 0.2) is 5.43 Å². The van der Waals surface area contributed by atoms with Gasteiger partial charge >= 0.3 is 0 Å². The molecule has 1 nitrogen and oxygen atoms in total. The summed E-state index contributed by atoms with van der Waals surface area (Å²) in [6.45, 7) is 0. The van der Waals surface area contributed by atoms with Crippen molar-refractivity contribution in [3.05, 3.63) is 58.1 Å². The Kier molecular flexibility index (Phi) is 1.82. The minimum absolute atomic E-state index is 0.112. The molecule has 0 N–H and O–H groups in total. The van der Waals surface area contributed by atoms with Gasteiger partial charge in [-0.1, -0.05) is 24.3 Å². The first-order chi connectivity index (χ1) is 7.34. The average Bonchev–Trinajstić information content (AvgIpc) is 2.64. The lowest BCUT2D eigenvalue weighted by atomic mass is 10.2. The Morgan fingerprint density at radius 1 is 0.867 bits per heavy atom. The highest BCUT2D eigenvalue weighted by Gasteiger charge is 1.99. The third kappa shape index (κ3) is 1.34. The molecule has 0 bridgehead atoms. The van der Waals surface area contributed by atoms with Crippen molar-refractivity contribution in [1.29, 1.82) is 0 Å². The summed E-state index contributed by atoms with van der Waals surface area (Å²) in [5, 5.41) is 5.11. The first-order valence-electron chi connectivity index (χ1n) is 4.75. The zero-order valence-corrected chi connectivity index (χ0v) is 8.75. The van der Waals surface area contributed by atoms with Gasteiger partial charge in [-0.15, -0.1) is 11.3 Å². The average molecular weight is 212 g/mol. The molecule has 0 unspecified atom stereocenters. The number of hydrogen-bond acceptors (Lipinski definition) is 2. The van der Waals surface area contributed by atoms with Crippen LogP contribution in [-0.2, 0) is 0 Å². The van der Waals surface area contributed by atoms with E-state index in [9.17, 15) is 4.79 Å². The summed E-state index contributed by atoms with van der Waals surface area (Å²) < 4.78 is 0.839. The molecule has 72 valence electrons. The Balaban J connectivity index is 2.67. The first kappa shape index (κ1) is 8.62. The molecule has 1 heterocycles. The van der Waals surface area contributed by atoms with Crippen molar-refractivity contribution in [3.63, 3.8) is 0 Å². The smallest absolute Gasteiger partial charge is 0.196 e. The second-order valence-corrected chi connectivity index (χ2v) is 4.40. The second-order valence-electron chi connectivity index (χ2n) is 3.49. The van der Waals surface area contributed by atoms with Gasteiger partial charge in [-0.3, -0.25) is 4.79 Å². The van der Waals surface area contributed by atoms with Gasteiger partial charge < -0.3 is 0 Å². The van der Waals surface area contributed by atoms with Crippen molar-refractivity contribution >= 4 is 32.2 Å². The largest absolute Gasteiger partial charge is 0.288 e. The molecule has 3 rings (SSSR count). The van der Waals surface area contributed by atoms with Gasteiger partial charge in [-0.05, 0) is 39.7 Å². The van der Waals surface area contributed by atoms with Crippen LogP contribution in [0.3, 0.4) is 0 Å². The maximum atomic E-state index is 11.9. The zero-order valence-electron chi connectivity index (χ0n) is 7.94. The molecule has 15 heavy (non-hydrogen) atoms. The third-order valence-corrected chi connectivity index (χ3v) is 3.46. The molecule has 0 aliphatic heterocycles. The summed E-state index contributed by atoms with van der Waals surface area (Å²) in [7, 11) is 0. The van der Waals surface area contributed by atoms with E-state index in [-0.39, 0.29) is 5.43 Å². The molecule has 1 aromatic heterocycles. The standard InChI is InChI=1S/C13H8OS/c14-12-8-10-4-2-1-3-9(10)7-11-5-6-15-13(11)12/h1-8H. The maximum Gasteiger partial charge on any atom is 0.196 e. The molecule has 0 aliphatic carbocycles. The van der Waals surface area contributed by atoms with E-state index in [1.54, 1.807) is 6.07 Å². The molecular weight excluding hydrogens is 204 g/mol. The summed E-state index contributed by atoms with van der Waals surface area (Å²) in [4.78, 5) is 11.9. The minimum Gasteiger partial charge on any atom is -0.288 e. The summed E-state index contributed by atoms with van der Waals surface area (Å²) in [5.41, 5.74) is 0.112. The van der Waals surface area contributed by atoms with E-state index in [0.717, 1.165) is 20.9 Å². The lowest BCUT2D eigenvalue weighted by Gasteiger charge is -1.88. The third-order valence-electron chi connectivity index (χ3n) is 2.51. The monoisotopic (exact) mass is 212 g/mol. The molecule has 0 amide bonds. The highest BCUT2D eigenvalue weighted by molar-refractivity contribution is 7.17. The van der Waals surface area contributed by atoms with Crippen LogP contribution in [0.4, 0.5) is 0 Å². The normalized spacial score (nSPS) is 10.9. The van der Waals surface area contributed by atoms with Crippen LogP contribution < -0.4 is 5.43 Å². The fraction of sp³-hybridized carbons (Fsp3) is 0. The quantitative estimate of drug-likeness (QED) is 0.558. The van der Waals surface area contributed by atoms with E-state index in [0.29, 0.717) is 0 Å². The van der Waals surface area contributed by atoms with Crippen LogP contribution in [0.15, 0.2) is 52.6 Å². The van der Waals surface area contributed by atoms with Gasteiger partial charge in [0.1, 0.15) is 0 Å². The predicted molar refractivity (Wildman–Crippen MR) is 65.6 cm³/mol. The van der Waals surface area contributed by atoms with E-state index < -0.39 is 0 Å². The van der Waals surface area contributed by atoms with Crippen LogP contribution >= 0.6 is 11.3 Å². The fourth-order valence-corrected chi connectivity index (χ4v) is 2.57. The molecule has 2 aromatic carbocycles. The van der Waals surface area contributed by atoms with Crippen LogP contribution in [0.2, 0.25) is 0 Å². The second kappa shape index (κ2) is 3.17. The highest BCUT2D eigenvalue weighted by atomic mass is 32.1. The highest BCUT2D eigenvalue weighted by Crippen LogP contribution is 2.20. The minimum atomic E-state index is 0.112. The van der Waals surface area contributed by atoms with Crippen molar-refractivity contribution in [2.75, 3.05) is 0 Å². The lowest BCUT2D eigenvalue weighted by Crippen LogP contribution is -1.90. The van der Waals surface area contributed by atoms with Gasteiger partial charge in [0.2, 0.25) is 0 Å². The number of thiophene rings is 1. The van der Waals surface area contributed by atoms with Gasteiger partial charge in [0, 0.05) is 0 Å². The molecular formula is C13H8OS. The molecule has 2 heteroatoms. The predicted octanol–water partition coefficient (Wildman–Crippen LogP) is 3.41. The summed E-state index contributed by atoms with van der Waals surface area (Å²) in [6, 6.07) is 13.7. The van der Waals surface area contributed by atoms with E-state index in [4.69, 9.17) is 0 Å². The van der Waals surface area contributed by atoms with Crippen LogP contribution in [0, 0.1) is 0 Å². The van der Waals surface area contributed by atoms with Gasteiger partial charge in [-0.2, -0.15) is 0 Å². The van der Waals surface area contributed by atoms with E-state index in [1.165, 1.54) is 11.3 Å². The van der Waals surface area contributed by atoms with Crippen LogP contribution in [0.1, 0.15) is 0 Å².